The molecule has 1 aromatic rings. The smallest absolute Gasteiger partial charge is 0.0640 e. The molecule has 13 heavy (non-hydrogen) atoms. The first-order valence-corrected chi connectivity index (χ1v) is 4.59. The van der Waals surface area contributed by atoms with E-state index in [1.54, 1.807) is 6.08 Å². The molecule has 2 atom stereocenters. The zero-order chi connectivity index (χ0) is 9.68. The van der Waals surface area contributed by atoms with Gasteiger partial charge >= 0.3 is 0 Å². The van der Waals surface area contributed by atoms with Crippen molar-refractivity contribution in [2.45, 2.75) is 25.4 Å². The molecule has 1 unspecified atom stereocenters. The van der Waals surface area contributed by atoms with Gasteiger partial charge in [0.1, 0.15) is 0 Å². The number of hydrogen-bond acceptors (Lipinski definition) is 1. The van der Waals surface area contributed by atoms with Crippen molar-refractivity contribution in [3.05, 3.63) is 48.6 Å². The number of benzene rings is 1. The molecule has 0 saturated carbocycles. The molecule has 0 aliphatic heterocycles. The summed E-state index contributed by atoms with van der Waals surface area (Å²) in [7, 11) is 0. The fraction of sp³-hybridized carbons (Fsp3) is 0.333. The standard InChI is InChI=1S/C12H16O/c1-3-7-12(13)10(2)11-8-5-4-6-9-11/h3-6,8-10,12-13H,1,7H2,2H3/t10-,12?/m1/s1. The van der Waals surface area contributed by atoms with Crippen LogP contribution in [0.2, 0.25) is 0 Å². The van der Waals surface area contributed by atoms with Gasteiger partial charge in [-0.1, -0.05) is 43.3 Å². The van der Waals surface area contributed by atoms with Crippen molar-refractivity contribution in [3.63, 3.8) is 0 Å². The molecule has 1 aromatic carbocycles. The van der Waals surface area contributed by atoms with Crippen LogP contribution in [0.5, 0.6) is 0 Å². The average molecular weight is 176 g/mol. The molecule has 1 N–H and O–H groups in total. The molecule has 0 bridgehead atoms. The van der Waals surface area contributed by atoms with Crippen LogP contribution in [0.25, 0.3) is 0 Å². The summed E-state index contributed by atoms with van der Waals surface area (Å²) in [6, 6.07) is 10.0. The van der Waals surface area contributed by atoms with Crippen molar-refractivity contribution in [1.29, 1.82) is 0 Å². The van der Waals surface area contributed by atoms with Crippen LogP contribution in [0.15, 0.2) is 43.0 Å². The summed E-state index contributed by atoms with van der Waals surface area (Å²) in [5, 5.41) is 9.70. The monoisotopic (exact) mass is 176 g/mol. The van der Waals surface area contributed by atoms with Crippen LogP contribution in [-0.2, 0) is 0 Å². The third-order valence-corrected chi connectivity index (χ3v) is 2.31. The summed E-state index contributed by atoms with van der Waals surface area (Å²) in [6.07, 6.45) is 2.08. The van der Waals surface area contributed by atoms with Crippen LogP contribution < -0.4 is 0 Å². The minimum atomic E-state index is -0.320. The van der Waals surface area contributed by atoms with Crippen LogP contribution in [0.3, 0.4) is 0 Å². The van der Waals surface area contributed by atoms with Crippen molar-refractivity contribution < 1.29 is 5.11 Å². The fourth-order valence-electron chi connectivity index (χ4n) is 1.35. The average Bonchev–Trinajstić information content (AvgIpc) is 2.18. The van der Waals surface area contributed by atoms with Crippen molar-refractivity contribution in [3.8, 4) is 0 Å². The second-order valence-corrected chi connectivity index (χ2v) is 3.29. The molecule has 1 rings (SSSR count). The molecule has 0 heterocycles. The Kier molecular flexibility index (Phi) is 3.71. The van der Waals surface area contributed by atoms with Crippen molar-refractivity contribution in [2.24, 2.45) is 0 Å². The highest BCUT2D eigenvalue weighted by Crippen LogP contribution is 2.20. The number of rotatable bonds is 4. The molecule has 0 aliphatic carbocycles. The lowest BCUT2D eigenvalue weighted by molar-refractivity contribution is 0.152. The first-order chi connectivity index (χ1) is 6.25. The number of aliphatic hydroxyl groups is 1. The van der Waals surface area contributed by atoms with E-state index in [2.05, 4.69) is 6.58 Å². The maximum Gasteiger partial charge on any atom is 0.0640 e. The molecule has 1 heteroatoms. The SMILES string of the molecule is C=CCC(O)[C@H](C)c1ccccc1. The van der Waals surface area contributed by atoms with Gasteiger partial charge in [-0.05, 0) is 12.0 Å². The first-order valence-electron chi connectivity index (χ1n) is 4.59. The number of aliphatic hydroxyl groups excluding tert-OH is 1. The van der Waals surface area contributed by atoms with E-state index >= 15 is 0 Å². The van der Waals surface area contributed by atoms with E-state index in [9.17, 15) is 5.11 Å². The van der Waals surface area contributed by atoms with Crippen molar-refractivity contribution in [2.75, 3.05) is 0 Å². The molecule has 0 radical (unpaired) electrons. The molecule has 0 saturated heterocycles. The zero-order valence-electron chi connectivity index (χ0n) is 7.98. The van der Waals surface area contributed by atoms with Gasteiger partial charge in [0.05, 0.1) is 6.10 Å². The largest absolute Gasteiger partial charge is 0.392 e. The Bertz CT molecular complexity index is 253. The Morgan fingerprint density at radius 2 is 2.00 bits per heavy atom. The summed E-state index contributed by atoms with van der Waals surface area (Å²) >= 11 is 0. The highest BCUT2D eigenvalue weighted by molar-refractivity contribution is 5.19. The van der Waals surface area contributed by atoms with Crippen LogP contribution in [0.1, 0.15) is 24.8 Å². The van der Waals surface area contributed by atoms with E-state index < -0.39 is 0 Å². The Labute approximate surface area is 79.7 Å². The summed E-state index contributed by atoms with van der Waals surface area (Å²) in [6.45, 7) is 5.65. The summed E-state index contributed by atoms with van der Waals surface area (Å²) in [5.74, 6) is 0.180. The minimum Gasteiger partial charge on any atom is -0.392 e. The molecule has 0 amide bonds. The molecule has 0 aromatic heterocycles. The van der Waals surface area contributed by atoms with Gasteiger partial charge in [0.2, 0.25) is 0 Å². The first kappa shape index (κ1) is 10.0. The van der Waals surface area contributed by atoms with Gasteiger partial charge in [-0.25, -0.2) is 0 Å². The summed E-state index contributed by atoms with van der Waals surface area (Å²) in [5.41, 5.74) is 1.18. The Balaban J connectivity index is 2.67. The van der Waals surface area contributed by atoms with Gasteiger partial charge in [-0.3, -0.25) is 0 Å². The lowest BCUT2D eigenvalue weighted by Crippen LogP contribution is -2.14. The van der Waals surface area contributed by atoms with Crippen molar-refractivity contribution >= 4 is 0 Å². The Hall–Kier alpha value is -1.08. The molecule has 0 aliphatic rings. The second kappa shape index (κ2) is 4.83. The molecule has 0 fully saturated rings. The predicted molar refractivity (Wildman–Crippen MR) is 55.7 cm³/mol. The van der Waals surface area contributed by atoms with Crippen LogP contribution in [0, 0.1) is 0 Å². The van der Waals surface area contributed by atoms with Gasteiger partial charge in [-0.15, -0.1) is 6.58 Å². The topological polar surface area (TPSA) is 20.2 Å². The molecular weight excluding hydrogens is 160 g/mol. The van der Waals surface area contributed by atoms with Crippen LogP contribution in [-0.4, -0.2) is 11.2 Å². The third kappa shape index (κ3) is 2.71. The minimum absolute atomic E-state index is 0.180. The quantitative estimate of drug-likeness (QED) is 0.699. The van der Waals surface area contributed by atoms with Crippen LogP contribution in [0.4, 0.5) is 0 Å². The predicted octanol–water partition coefficient (Wildman–Crippen LogP) is 2.73. The second-order valence-electron chi connectivity index (χ2n) is 3.29. The Morgan fingerprint density at radius 1 is 1.38 bits per heavy atom. The Morgan fingerprint density at radius 3 is 2.54 bits per heavy atom. The summed E-state index contributed by atoms with van der Waals surface area (Å²) in [4.78, 5) is 0. The maximum absolute atomic E-state index is 9.70. The van der Waals surface area contributed by atoms with Gasteiger partial charge in [-0.2, -0.15) is 0 Å². The van der Waals surface area contributed by atoms with E-state index in [0.717, 1.165) is 0 Å². The normalized spacial score (nSPS) is 14.9. The van der Waals surface area contributed by atoms with Gasteiger partial charge in [0.15, 0.2) is 0 Å². The lowest BCUT2D eigenvalue weighted by atomic mass is 9.94. The summed E-state index contributed by atoms with van der Waals surface area (Å²) < 4.78 is 0. The van der Waals surface area contributed by atoms with E-state index in [0.29, 0.717) is 6.42 Å². The molecule has 0 spiro atoms. The van der Waals surface area contributed by atoms with Gasteiger partial charge in [0, 0.05) is 5.92 Å². The van der Waals surface area contributed by atoms with E-state index in [4.69, 9.17) is 0 Å². The molecule has 1 nitrogen and oxygen atoms in total. The van der Waals surface area contributed by atoms with Gasteiger partial charge in [0.25, 0.3) is 0 Å². The van der Waals surface area contributed by atoms with Crippen LogP contribution >= 0.6 is 0 Å². The molecule has 70 valence electrons. The third-order valence-electron chi connectivity index (χ3n) is 2.31. The lowest BCUT2D eigenvalue weighted by Gasteiger charge is -2.17. The van der Waals surface area contributed by atoms with Crippen molar-refractivity contribution in [1.82, 2.24) is 0 Å². The zero-order valence-corrected chi connectivity index (χ0v) is 7.98. The van der Waals surface area contributed by atoms with E-state index in [1.165, 1.54) is 5.56 Å². The fourth-order valence-corrected chi connectivity index (χ4v) is 1.35. The highest BCUT2D eigenvalue weighted by Gasteiger charge is 2.13. The van der Waals surface area contributed by atoms with Gasteiger partial charge < -0.3 is 5.11 Å². The maximum atomic E-state index is 9.70. The number of hydrogen-bond donors (Lipinski definition) is 1. The van der Waals surface area contributed by atoms with E-state index in [1.807, 2.05) is 37.3 Å². The molecular formula is C12H16O. The highest BCUT2D eigenvalue weighted by atomic mass is 16.3. The van der Waals surface area contributed by atoms with E-state index in [-0.39, 0.29) is 12.0 Å².